The molecule has 0 aliphatic heterocycles. The Morgan fingerprint density at radius 3 is 2.67 bits per heavy atom. The van der Waals surface area contributed by atoms with Gasteiger partial charge in [-0.15, -0.1) is 0 Å². The van der Waals surface area contributed by atoms with E-state index < -0.39 is 6.10 Å². The minimum absolute atomic E-state index is 0.228. The lowest BCUT2D eigenvalue weighted by Gasteiger charge is -2.24. The van der Waals surface area contributed by atoms with Gasteiger partial charge in [-0.2, -0.15) is 15.4 Å². The fourth-order valence-corrected chi connectivity index (χ4v) is 2.74. The molecule has 1 heterocycles. The minimum atomic E-state index is -0.745. The third-order valence-corrected chi connectivity index (χ3v) is 4.02. The lowest BCUT2D eigenvalue weighted by molar-refractivity contribution is 0.0820. The lowest BCUT2D eigenvalue weighted by atomic mass is 9.98. The maximum Gasteiger partial charge on any atom is 0.251 e. The average molecular weight is 324 g/mol. The van der Waals surface area contributed by atoms with Gasteiger partial charge in [-0.05, 0) is 30.2 Å². The Morgan fingerprint density at radius 2 is 1.92 bits per heavy atom. The first-order chi connectivity index (χ1) is 11.7. The first-order valence-corrected chi connectivity index (χ1v) is 8.03. The van der Waals surface area contributed by atoms with Crippen LogP contribution in [0.25, 0.3) is 11.0 Å². The van der Waals surface area contributed by atoms with Crippen LogP contribution in [0.4, 0.5) is 0 Å². The molecule has 6 heteroatoms. The molecule has 2 aromatic carbocycles. The summed E-state index contributed by atoms with van der Waals surface area (Å²) in [6.45, 7) is 2.03. The van der Waals surface area contributed by atoms with Crippen LogP contribution in [0.3, 0.4) is 0 Å². The Balaban J connectivity index is 1.78. The molecule has 1 aromatic heterocycles. The summed E-state index contributed by atoms with van der Waals surface area (Å²) in [5, 5.41) is 24.0. The van der Waals surface area contributed by atoms with Gasteiger partial charge in [-0.3, -0.25) is 4.79 Å². The van der Waals surface area contributed by atoms with Crippen LogP contribution in [-0.2, 0) is 0 Å². The second kappa shape index (κ2) is 7.23. The molecule has 0 saturated heterocycles. The molecule has 1 amide bonds. The molecule has 2 atom stereocenters. The average Bonchev–Trinajstić information content (AvgIpc) is 3.09. The summed E-state index contributed by atoms with van der Waals surface area (Å²) in [4.78, 5) is 12.6. The largest absolute Gasteiger partial charge is 0.386 e. The molecule has 0 fully saturated rings. The fraction of sp³-hybridized carbons (Fsp3) is 0.278. The summed E-state index contributed by atoms with van der Waals surface area (Å²) in [5.41, 5.74) is 2.64. The summed E-state index contributed by atoms with van der Waals surface area (Å²) in [6, 6.07) is 14.2. The fourth-order valence-electron chi connectivity index (χ4n) is 2.74. The summed E-state index contributed by atoms with van der Waals surface area (Å²) in [5.74, 6) is -0.228. The molecule has 0 spiro atoms. The van der Waals surface area contributed by atoms with Gasteiger partial charge in [0.1, 0.15) is 11.0 Å². The number of carbonyl (C=O) groups excluding carboxylic acids is 1. The summed E-state index contributed by atoms with van der Waals surface area (Å²) < 4.78 is 0. The van der Waals surface area contributed by atoms with Crippen molar-refractivity contribution in [3.63, 3.8) is 0 Å². The topological polar surface area (TPSA) is 90.9 Å². The number of fused-ring (bicyclic) bond motifs is 1. The molecule has 3 aromatic rings. The molecule has 124 valence electrons. The van der Waals surface area contributed by atoms with Crippen LogP contribution in [0.2, 0.25) is 0 Å². The number of hydrogen-bond donors (Lipinski definition) is 3. The SMILES string of the molecule is CCCC(NC(=O)c1ccc2n[nH]nc2c1)C(O)c1ccccc1. The van der Waals surface area contributed by atoms with Crippen molar-refractivity contribution < 1.29 is 9.90 Å². The predicted molar refractivity (Wildman–Crippen MR) is 91.5 cm³/mol. The smallest absolute Gasteiger partial charge is 0.251 e. The Kier molecular flexibility index (Phi) is 4.86. The number of hydrogen-bond acceptors (Lipinski definition) is 4. The maximum absolute atomic E-state index is 12.6. The van der Waals surface area contributed by atoms with E-state index in [2.05, 4.69) is 20.7 Å². The highest BCUT2D eigenvalue weighted by atomic mass is 16.3. The van der Waals surface area contributed by atoms with Crippen molar-refractivity contribution in [3.05, 3.63) is 59.7 Å². The zero-order valence-corrected chi connectivity index (χ0v) is 13.4. The molecule has 0 radical (unpaired) electrons. The predicted octanol–water partition coefficient (Wildman–Crippen LogP) is 2.59. The zero-order valence-electron chi connectivity index (χ0n) is 13.4. The number of carbonyl (C=O) groups is 1. The highest BCUT2D eigenvalue weighted by Crippen LogP contribution is 2.20. The summed E-state index contributed by atoms with van der Waals surface area (Å²) in [6.07, 6.45) is 0.802. The van der Waals surface area contributed by atoms with Gasteiger partial charge >= 0.3 is 0 Å². The Labute approximate surface area is 139 Å². The molecule has 0 bridgehead atoms. The van der Waals surface area contributed by atoms with Gasteiger partial charge in [0.25, 0.3) is 5.91 Å². The van der Waals surface area contributed by atoms with Crippen molar-refractivity contribution in [1.29, 1.82) is 0 Å². The highest BCUT2D eigenvalue weighted by Gasteiger charge is 2.22. The van der Waals surface area contributed by atoms with E-state index in [-0.39, 0.29) is 11.9 Å². The van der Waals surface area contributed by atoms with E-state index in [1.165, 1.54) is 0 Å². The van der Waals surface area contributed by atoms with Crippen molar-refractivity contribution >= 4 is 16.9 Å². The van der Waals surface area contributed by atoms with E-state index in [1.807, 2.05) is 37.3 Å². The van der Waals surface area contributed by atoms with Crippen molar-refractivity contribution in [1.82, 2.24) is 20.7 Å². The van der Waals surface area contributed by atoms with Gasteiger partial charge in [-0.25, -0.2) is 0 Å². The van der Waals surface area contributed by atoms with E-state index in [0.717, 1.165) is 12.0 Å². The van der Waals surface area contributed by atoms with Crippen LogP contribution in [0, 0.1) is 0 Å². The number of rotatable bonds is 6. The molecule has 3 rings (SSSR count). The van der Waals surface area contributed by atoms with Gasteiger partial charge < -0.3 is 10.4 Å². The van der Waals surface area contributed by atoms with Crippen LogP contribution < -0.4 is 5.32 Å². The maximum atomic E-state index is 12.6. The van der Waals surface area contributed by atoms with Gasteiger partial charge in [0.05, 0.1) is 12.1 Å². The quantitative estimate of drug-likeness (QED) is 0.650. The molecule has 0 aliphatic carbocycles. The van der Waals surface area contributed by atoms with E-state index in [4.69, 9.17) is 0 Å². The van der Waals surface area contributed by atoms with E-state index >= 15 is 0 Å². The van der Waals surface area contributed by atoms with Gasteiger partial charge in [0.2, 0.25) is 0 Å². The number of aromatic amines is 1. The number of aliphatic hydroxyl groups excluding tert-OH is 1. The first kappa shape index (κ1) is 16.1. The van der Waals surface area contributed by atoms with E-state index in [0.29, 0.717) is 23.0 Å². The van der Waals surface area contributed by atoms with Gasteiger partial charge in [0, 0.05) is 5.56 Å². The molecule has 0 aliphatic rings. The van der Waals surface area contributed by atoms with E-state index in [9.17, 15) is 9.90 Å². The van der Waals surface area contributed by atoms with Crippen molar-refractivity contribution in [2.75, 3.05) is 0 Å². The molecule has 2 unspecified atom stereocenters. The number of nitrogens with zero attached hydrogens (tertiary/aromatic N) is 2. The van der Waals surface area contributed by atoms with Crippen LogP contribution in [0.1, 0.15) is 41.8 Å². The van der Waals surface area contributed by atoms with Crippen molar-refractivity contribution in [2.24, 2.45) is 0 Å². The van der Waals surface area contributed by atoms with Crippen molar-refractivity contribution in [2.45, 2.75) is 31.9 Å². The first-order valence-electron chi connectivity index (χ1n) is 8.03. The van der Waals surface area contributed by atoms with Crippen LogP contribution >= 0.6 is 0 Å². The third kappa shape index (κ3) is 3.44. The summed E-state index contributed by atoms with van der Waals surface area (Å²) >= 11 is 0. The summed E-state index contributed by atoms with van der Waals surface area (Å²) in [7, 11) is 0. The Morgan fingerprint density at radius 1 is 1.17 bits per heavy atom. The molecular formula is C18H20N4O2. The Hall–Kier alpha value is -2.73. The number of benzene rings is 2. The number of aromatic nitrogens is 3. The normalized spacial score (nSPS) is 13.6. The Bertz CT molecular complexity index is 816. The molecule has 3 N–H and O–H groups in total. The van der Waals surface area contributed by atoms with Gasteiger partial charge in [-0.1, -0.05) is 43.7 Å². The molecule has 6 nitrogen and oxygen atoms in total. The minimum Gasteiger partial charge on any atom is -0.386 e. The molecule has 0 saturated carbocycles. The second-order valence-electron chi connectivity index (χ2n) is 5.75. The zero-order chi connectivity index (χ0) is 16.9. The van der Waals surface area contributed by atoms with E-state index in [1.54, 1.807) is 18.2 Å². The number of aliphatic hydroxyl groups is 1. The third-order valence-electron chi connectivity index (χ3n) is 4.02. The second-order valence-corrected chi connectivity index (χ2v) is 5.75. The number of H-pyrrole nitrogens is 1. The van der Waals surface area contributed by atoms with Crippen molar-refractivity contribution in [3.8, 4) is 0 Å². The molecular weight excluding hydrogens is 304 g/mol. The van der Waals surface area contributed by atoms with Crippen LogP contribution in [0.15, 0.2) is 48.5 Å². The van der Waals surface area contributed by atoms with Crippen LogP contribution in [-0.4, -0.2) is 32.5 Å². The molecule has 24 heavy (non-hydrogen) atoms. The highest BCUT2D eigenvalue weighted by molar-refractivity contribution is 5.97. The lowest BCUT2D eigenvalue weighted by Crippen LogP contribution is -2.39. The monoisotopic (exact) mass is 324 g/mol. The van der Waals surface area contributed by atoms with Crippen LogP contribution in [0.5, 0.6) is 0 Å². The number of nitrogens with one attached hydrogen (secondary N) is 2. The van der Waals surface area contributed by atoms with Gasteiger partial charge in [0.15, 0.2) is 0 Å². The number of amides is 1. The standard InChI is InChI=1S/C18H20N4O2/c1-2-6-15(17(23)12-7-4-3-5-8-12)19-18(24)13-9-10-14-16(11-13)21-22-20-14/h3-5,7-11,15,17,23H,2,6H2,1H3,(H,19,24)(H,20,21,22).